The van der Waals surface area contributed by atoms with Crippen molar-refractivity contribution in [2.24, 2.45) is 0 Å². The fourth-order valence-electron chi connectivity index (χ4n) is 6.96. The number of nitrogens with zero attached hydrogens (tertiary/aromatic N) is 3. The molecule has 3 heterocycles. The molecule has 0 spiro atoms. The number of hydrogen-bond donors (Lipinski definition) is 0. The smallest absolute Gasteiger partial charge is 0.235 e. The molecule has 4 heteroatoms. The van der Waals surface area contributed by atoms with Crippen LogP contribution in [0.25, 0.3) is 75.0 Å². The number of hydrogen-bond acceptors (Lipinski definition) is 4. The van der Waals surface area contributed by atoms with Crippen molar-refractivity contribution in [1.82, 2.24) is 9.97 Å². The maximum absolute atomic E-state index is 5.42. The maximum atomic E-state index is 5.42. The Morgan fingerprint density at radius 1 is 0.477 bits per heavy atom. The molecular formula is C40H23N3S. The van der Waals surface area contributed by atoms with E-state index in [1.165, 1.54) is 52.8 Å². The van der Waals surface area contributed by atoms with Crippen molar-refractivity contribution in [2.75, 3.05) is 4.90 Å². The molecule has 0 radical (unpaired) electrons. The summed E-state index contributed by atoms with van der Waals surface area (Å²) in [6.07, 6.45) is 0. The largest absolute Gasteiger partial charge is 0.278 e. The van der Waals surface area contributed by atoms with E-state index < -0.39 is 0 Å². The third kappa shape index (κ3) is 3.37. The summed E-state index contributed by atoms with van der Waals surface area (Å²) in [5.41, 5.74) is 7.59. The molecule has 3 nitrogen and oxygen atoms in total. The molecule has 2 aromatic heterocycles. The van der Waals surface area contributed by atoms with Gasteiger partial charge in [-0.25, -0.2) is 9.97 Å². The lowest BCUT2D eigenvalue weighted by Crippen LogP contribution is -2.18. The molecule has 0 atom stereocenters. The van der Waals surface area contributed by atoms with Crippen molar-refractivity contribution in [3.05, 3.63) is 140 Å². The molecule has 0 saturated heterocycles. The summed E-state index contributed by atoms with van der Waals surface area (Å²) in [5.74, 6) is 0.674. The van der Waals surface area contributed by atoms with Crippen LogP contribution in [0.15, 0.2) is 140 Å². The summed E-state index contributed by atoms with van der Waals surface area (Å²) >= 11 is 1.84. The van der Waals surface area contributed by atoms with Gasteiger partial charge >= 0.3 is 0 Å². The summed E-state index contributed by atoms with van der Waals surface area (Å²) in [6.45, 7) is 0. The van der Waals surface area contributed by atoms with Crippen molar-refractivity contribution in [3.63, 3.8) is 0 Å². The number of benzene rings is 7. The van der Waals surface area contributed by atoms with Crippen LogP contribution in [0.4, 0.5) is 17.3 Å². The molecule has 9 aromatic rings. The summed E-state index contributed by atoms with van der Waals surface area (Å²) in [5, 5.41) is 8.44. The second kappa shape index (κ2) is 8.96. The minimum atomic E-state index is 0.674. The number of aromatic nitrogens is 2. The third-order valence-electron chi connectivity index (χ3n) is 8.96. The fourth-order valence-corrected chi connectivity index (χ4v) is 8.05. The standard InChI is InChI=1S/C40H23N3S/c1-2-10-26-23-35-31(21-25(26)9-1)29-15-7-11-24-12-8-17-34(38(24)29)43(35)40-41-33-16-5-3-14-30(33)39(42-40)27-19-20-37-32(22-27)28-13-4-6-18-36(28)44-37/h1-23H. The molecule has 0 saturated carbocycles. The third-order valence-corrected chi connectivity index (χ3v) is 10.1. The minimum absolute atomic E-state index is 0.674. The van der Waals surface area contributed by atoms with Crippen molar-refractivity contribution in [2.45, 2.75) is 0 Å². The predicted molar refractivity (Wildman–Crippen MR) is 187 cm³/mol. The molecule has 1 aliphatic rings. The van der Waals surface area contributed by atoms with Crippen molar-refractivity contribution in [1.29, 1.82) is 0 Å². The summed E-state index contributed by atoms with van der Waals surface area (Å²) in [6, 6.07) is 50.1. The van der Waals surface area contributed by atoms with Gasteiger partial charge < -0.3 is 0 Å². The van der Waals surface area contributed by atoms with E-state index in [0.717, 1.165) is 33.5 Å². The van der Waals surface area contributed by atoms with Crippen LogP contribution in [-0.4, -0.2) is 9.97 Å². The fraction of sp³-hybridized carbons (Fsp3) is 0. The maximum Gasteiger partial charge on any atom is 0.235 e. The van der Waals surface area contributed by atoms with Gasteiger partial charge in [-0.15, -0.1) is 11.3 Å². The molecule has 0 aliphatic carbocycles. The SMILES string of the molecule is c1ccc2cc3c(cc2c1)-c1cccc2cccc(c12)N3c1nc(-c2ccc3sc4ccccc4c3c2)c2ccccc2n1. The highest BCUT2D eigenvalue weighted by Gasteiger charge is 2.29. The Balaban J connectivity index is 1.29. The molecular weight excluding hydrogens is 555 g/mol. The average molecular weight is 578 g/mol. The summed E-state index contributed by atoms with van der Waals surface area (Å²) < 4.78 is 2.59. The van der Waals surface area contributed by atoms with E-state index in [1.807, 2.05) is 11.3 Å². The number of anilines is 3. The van der Waals surface area contributed by atoms with Crippen LogP contribution in [-0.2, 0) is 0 Å². The van der Waals surface area contributed by atoms with Gasteiger partial charge in [-0.2, -0.15) is 0 Å². The van der Waals surface area contributed by atoms with Crippen LogP contribution in [0, 0.1) is 0 Å². The van der Waals surface area contributed by atoms with E-state index in [0.29, 0.717) is 5.95 Å². The Labute approximate surface area is 257 Å². The average Bonchev–Trinajstić information content (AvgIpc) is 3.45. The second-order valence-corrected chi connectivity index (χ2v) is 12.5. The minimum Gasteiger partial charge on any atom is -0.278 e. The van der Waals surface area contributed by atoms with E-state index in [-0.39, 0.29) is 0 Å². The van der Waals surface area contributed by atoms with E-state index in [4.69, 9.17) is 9.97 Å². The molecule has 0 N–H and O–H groups in total. The quantitative estimate of drug-likeness (QED) is 0.205. The number of rotatable bonds is 2. The van der Waals surface area contributed by atoms with Crippen molar-refractivity contribution < 1.29 is 0 Å². The molecule has 0 bridgehead atoms. The van der Waals surface area contributed by atoms with Gasteiger partial charge in [-0.05, 0) is 64.2 Å². The Bertz CT molecular complexity index is 2630. The summed E-state index contributed by atoms with van der Waals surface area (Å²) in [4.78, 5) is 12.9. The van der Waals surface area contributed by atoms with Gasteiger partial charge in [0.25, 0.3) is 0 Å². The molecule has 1 aliphatic heterocycles. The van der Waals surface area contributed by atoms with Gasteiger partial charge in [0.1, 0.15) is 0 Å². The van der Waals surface area contributed by atoms with Crippen molar-refractivity contribution >= 4 is 81.3 Å². The van der Waals surface area contributed by atoms with Crippen molar-refractivity contribution in [3.8, 4) is 22.4 Å². The predicted octanol–water partition coefficient (Wildman–Crippen LogP) is 11.4. The number of thiophene rings is 1. The Morgan fingerprint density at radius 3 is 2.11 bits per heavy atom. The number of para-hydroxylation sites is 1. The van der Waals surface area contributed by atoms with E-state index in [1.54, 1.807) is 0 Å². The summed E-state index contributed by atoms with van der Waals surface area (Å²) in [7, 11) is 0. The topological polar surface area (TPSA) is 29.0 Å². The molecule has 0 unspecified atom stereocenters. The van der Waals surface area contributed by atoms with E-state index >= 15 is 0 Å². The first-order chi connectivity index (χ1) is 21.8. The highest BCUT2D eigenvalue weighted by molar-refractivity contribution is 7.25. The second-order valence-electron chi connectivity index (χ2n) is 11.4. The lowest BCUT2D eigenvalue weighted by atomic mass is 9.89. The van der Waals surface area contributed by atoms with Crippen LogP contribution < -0.4 is 4.90 Å². The first kappa shape index (κ1) is 23.9. The first-order valence-corrected chi connectivity index (χ1v) is 15.7. The highest BCUT2D eigenvalue weighted by Crippen LogP contribution is 2.51. The number of fused-ring (bicyclic) bond motifs is 7. The lowest BCUT2D eigenvalue weighted by molar-refractivity contribution is 1.11. The molecule has 44 heavy (non-hydrogen) atoms. The Hall–Kier alpha value is -5.58. The zero-order valence-corrected chi connectivity index (χ0v) is 24.3. The van der Waals surface area contributed by atoms with Crippen LogP contribution in [0.2, 0.25) is 0 Å². The Kier molecular flexibility index (Phi) is 4.87. The molecule has 7 aromatic carbocycles. The van der Waals surface area contributed by atoms with E-state index in [2.05, 4.69) is 144 Å². The van der Waals surface area contributed by atoms with E-state index in [9.17, 15) is 0 Å². The lowest BCUT2D eigenvalue weighted by Gasteiger charge is -2.32. The zero-order valence-electron chi connectivity index (χ0n) is 23.5. The van der Waals surface area contributed by atoms with Crippen LogP contribution in [0.1, 0.15) is 0 Å². The van der Waals surface area contributed by atoms with Gasteiger partial charge in [0.05, 0.1) is 22.6 Å². The van der Waals surface area contributed by atoms with Gasteiger partial charge in [-0.3, -0.25) is 4.90 Å². The van der Waals surface area contributed by atoms with Gasteiger partial charge in [0.2, 0.25) is 5.95 Å². The molecule has 204 valence electrons. The molecule has 0 amide bonds. The monoisotopic (exact) mass is 577 g/mol. The highest BCUT2D eigenvalue weighted by atomic mass is 32.1. The normalized spacial score (nSPS) is 12.5. The van der Waals surface area contributed by atoms with Crippen LogP contribution in [0.3, 0.4) is 0 Å². The first-order valence-electron chi connectivity index (χ1n) is 14.8. The molecule has 0 fully saturated rings. The van der Waals surface area contributed by atoms with Gasteiger partial charge in [0.15, 0.2) is 0 Å². The van der Waals surface area contributed by atoms with Gasteiger partial charge in [-0.1, -0.05) is 97.1 Å². The Morgan fingerprint density at radius 2 is 1.20 bits per heavy atom. The molecule has 10 rings (SSSR count). The van der Waals surface area contributed by atoms with Crippen LogP contribution >= 0.6 is 11.3 Å². The van der Waals surface area contributed by atoms with Gasteiger partial charge in [0, 0.05) is 42.1 Å². The zero-order chi connectivity index (χ0) is 28.8. The van der Waals surface area contributed by atoms with Crippen LogP contribution in [0.5, 0.6) is 0 Å².